The van der Waals surface area contributed by atoms with Gasteiger partial charge in [0.25, 0.3) is 0 Å². The van der Waals surface area contributed by atoms with Crippen LogP contribution < -0.4 is 5.32 Å². The van der Waals surface area contributed by atoms with Crippen LogP contribution in [0.15, 0.2) is 24.3 Å². The standard InChI is InChI=1S/C72H139NO5/c1-3-5-7-9-11-13-15-17-19-20-21-30-33-37-40-44-48-52-56-60-64-70(75)69(68-74)73-71(76)65-61-57-53-49-45-41-38-34-31-28-26-24-22-23-25-27-29-32-35-39-43-47-51-55-59-63-67-78-72(77)66-62-58-54-50-46-42-36-18-16-14-12-10-8-6-4-2/h12,14,18,36,69-70,74-75H,3-11,13,15-17,19-35,37-68H2,1-2H3,(H,73,76)/b14-12-,36-18-. The molecule has 0 saturated carbocycles. The van der Waals surface area contributed by atoms with Crippen molar-refractivity contribution in [3.63, 3.8) is 0 Å². The van der Waals surface area contributed by atoms with Crippen molar-refractivity contribution >= 4 is 11.9 Å². The van der Waals surface area contributed by atoms with Crippen LogP contribution in [0.2, 0.25) is 0 Å². The van der Waals surface area contributed by atoms with Gasteiger partial charge in [-0.05, 0) is 57.8 Å². The van der Waals surface area contributed by atoms with E-state index in [4.69, 9.17) is 4.74 Å². The molecule has 2 unspecified atom stereocenters. The van der Waals surface area contributed by atoms with Crippen molar-refractivity contribution in [3.8, 4) is 0 Å². The SMILES string of the molecule is CCCCC/C=C\C/C=C\CCCCCCCC(=O)OCCCCCCCCCCCCCCCCCCCCCCCCCCCCC(=O)NC(CO)C(O)CCCCCCCCCCCCCCCCCCCCCC. The van der Waals surface area contributed by atoms with Gasteiger partial charge in [0.05, 0.1) is 25.4 Å². The molecule has 78 heavy (non-hydrogen) atoms. The highest BCUT2D eigenvalue weighted by molar-refractivity contribution is 5.76. The van der Waals surface area contributed by atoms with Crippen molar-refractivity contribution in [1.29, 1.82) is 0 Å². The van der Waals surface area contributed by atoms with Crippen LogP contribution in [0.4, 0.5) is 0 Å². The molecule has 0 aromatic rings. The number of aliphatic hydroxyl groups excluding tert-OH is 2. The normalized spacial score (nSPS) is 12.6. The molecule has 0 saturated heterocycles. The zero-order chi connectivity index (χ0) is 56.4. The van der Waals surface area contributed by atoms with Gasteiger partial charge in [0.2, 0.25) is 5.91 Å². The Hall–Kier alpha value is -1.66. The van der Waals surface area contributed by atoms with E-state index in [-0.39, 0.29) is 18.5 Å². The molecule has 1 amide bonds. The van der Waals surface area contributed by atoms with Gasteiger partial charge in [-0.3, -0.25) is 9.59 Å². The van der Waals surface area contributed by atoms with Gasteiger partial charge >= 0.3 is 5.97 Å². The van der Waals surface area contributed by atoms with E-state index in [1.165, 1.54) is 315 Å². The Morgan fingerprint density at radius 2 is 0.641 bits per heavy atom. The van der Waals surface area contributed by atoms with Crippen LogP contribution in [0.3, 0.4) is 0 Å². The number of carbonyl (C=O) groups excluding carboxylic acids is 2. The highest BCUT2D eigenvalue weighted by Crippen LogP contribution is 2.19. The van der Waals surface area contributed by atoms with E-state index in [1.54, 1.807) is 0 Å². The first-order valence-electron chi connectivity index (χ1n) is 35.6. The predicted octanol–water partition coefficient (Wildman–Crippen LogP) is 22.9. The molecule has 462 valence electrons. The third-order valence-corrected chi connectivity index (χ3v) is 16.8. The van der Waals surface area contributed by atoms with Crippen LogP contribution in [0.25, 0.3) is 0 Å². The number of aliphatic hydroxyl groups is 2. The second-order valence-corrected chi connectivity index (χ2v) is 24.6. The Labute approximate surface area is 488 Å². The number of carbonyl (C=O) groups is 2. The lowest BCUT2D eigenvalue weighted by Crippen LogP contribution is -2.45. The molecule has 0 bridgehead atoms. The fourth-order valence-corrected chi connectivity index (χ4v) is 11.3. The minimum absolute atomic E-state index is 0.00406. The summed E-state index contributed by atoms with van der Waals surface area (Å²) in [6.07, 6.45) is 85.1. The summed E-state index contributed by atoms with van der Waals surface area (Å²) in [6, 6.07) is -0.540. The minimum Gasteiger partial charge on any atom is -0.466 e. The first-order valence-corrected chi connectivity index (χ1v) is 35.6. The maximum Gasteiger partial charge on any atom is 0.305 e. The third-order valence-electron chi connectivity index (χ3n) is 16.8. The van der Waals surface area contributed by atoms with Crippen molar-refractivity contribution < 1.29 is 24.5 Å². The number of amides is 1. The first-order chi connectivity index (χ1) is 38.5. The smallest absolute Gasteiger partial charge is 0.305 e. The molecule has 2 atom stereocenters. The summed E-state index contributed by atoms with van der Waals surface area (Å²) >= 11 is 0. The highest BCUT2D eigenvalue weighted by Gasteiger charge is 2.20. The molecule has 0 aromatic heterocycles. The number of ether oxygens (including phenoxy) is 1. The summed E-state index contributed by atoms with van der Waals surface area (Å²) in [7, 11) is 0. The average molecular weight is 1100 g/mol. The fraction of sp³-hybridized carbons (Fsp3) is 0.917. The van der Waals surface area contributed by atoms with Crippen molar-refractivity contribution in [1.82, 2.24) is 5.32 Å². The average Bonchev–Trinajstić information content (AvgIpc) is 3.44. The molecule has 3 N–H and O–H groups in total. The Morgan fingerprint density at radius 1 is 0.359 bits per heavy atom. The summed E-state index contributed by atoms with van der Waals surface area (Å²) in [4.78, 5) is 24.6. The Bertz CT molecular complexity index is 1220. The zero-order valence-electron chi connectivity index (χ0n) is 52.9. The summed E-state index contributed by atoms with van der Waals surface area (Å²) < 4.78 is 5.49. The van der Waals surface area contributed by atoms with Crippen molar-refractivity contribution in [2.24, 2.45) is 0 Å². The Morgan fingerprint density at radius 3 is 1.00 bits per heavy atom. The molecule has 0 rings (SSSR count). The Balaban J connectivity index is 3.36. The summed E-state index contributed by atoms with van der Waals surface area (Å²) in [5.41, 5.74) is 0. The summed E-state index contributed by atoms with van der Waals surface area (Å²) in [5.74, 6) is -0.0244. The van der Waals surface area contributed by atoms with E-state index in [0.29, 0.717) is 25.9 Å². The lowest BCUT2D eigenvalue weighted by atomic mass is 10.0. The molecule has 6 heteroatoms. The molecule has 0 aromatic carbocycles. The topological polar surface area (TPSA) is 95.9 Å². The van der Waals surface area contributed by atoms with Crippen molar-refractivity contribution in [2.75, 3.05) is 13.2 Å². The number of rotatable bonds is 67. The number of nitrogens with one attached hydrogen (secondary N) is 1. The van der Waals surface area contributed by atoms with Crippen molar-refractivity contribution in [2.45, 2.75) is 411 Å². The molecule has 0 fully saturated rings. The van der Waals surface area contributed by atoms with Crippen LogP contribution in [-0.4, -0.2) is 47.4 Å². The number of hydrogen-bond acceptors (Lipinski definition) is 5. The maximum atomic E-state index is 12.5. The quantitative estimate of drug-likeness (QED) is 0.0320. The number of unbranched alkanes of at least 4 members (excludes halogenated alkanes) is 52. The van der Waals surface area contributed by atoms with Crippen molar-refractivity contribution in [3.05, 3.63) is 24.3 Å². The second-order valence-electron chi connectivity index (χ2n) is 24.6. The van der Waals surface area contributed by atoms with Gasteiger partial charge in [-0.25, -0.2) is 0 Å². The summed E-state index contributed by atoms with van der Waals surface area (Å²) in [5, 5.41) is 23.4. The molecule has 0 spiro atoms. The van der Waals surface area contributed by atoms with Crippen LogP contribution in [0.5, 0.6) is 0 Å². The van der Waals surface area contributed by atoms with Crippen LogP contribution in [-0.2, 0) is 14.3 Å². The van der Waals surface area contributed by atoms with E-state index >= 15 is 0 Å². The number of esters is 1. The lowest BCUT2D eigenvalue weighted by Gasteiger charge is -2.22. The lowest BCUT2D eigenvalue weighted by molar-refractivity contribution is -0.143. The maximum absolute atomic E-state index is 12.5. The monoisotopic (exact) mass is 1100 g/mol. The largest absolute Gasteiger partial charge is 0.466 e. The van der Waals surface area contributed by atoms with Gasteiger partial charge in [-0.2, -0.15) is 0 Å². The van der Waals surface area contributed by atoms with Crippen LogP contribution >= 0.6 is 0 Å². The van der Waals surface area contributed by atoms with Gasteiger partial charge in [0, 0.05) is 12.8 Å². The number of hydrogen-bond donors (Lipinski definition) is 3. The van der Waals surface area contributed by atoms with Crippen LogP contribution in [0, 0.1) is 0 Å². The minimum atomic E-state index is -0.663. The fourth-order valence-electron chi connectivity index (χ4n) is 11.3. The van der Waals surface area contributed by atoms with E-state index in [2.05, 4.69) is 43.5 Å². The van der Waals surface area contributed by atoms with Gasteiger partial charge in [0.1, 0.15) is 0 Å². The summed E-state index contributed by atoms with van der Waals surface area (Å²) in [6.45, 7) is 4.96. The molecule has 0 aliphatic heterocycles. The van der Waals surface area contributed by atoms with Crippen LogP contribution in [0.1, 0.15) is 399 Å². The van der Waals surface area contributed by atoms with E-state index < -0.39 is 12.1 Å². The highest BCUT2D eigenvalue weighted by atomic mass is 16.5. The molecule has 0 radical (unpaired) electrons. The number of allylic oxidation sites excluding steroid dienone is 4. The molecule has 6 nitrogen and oxygen atoms in total. The first kappa shape index (κ1) is 76.3. The van der Waals surface area contributed by atoms with Gasteiger partial charge in [-0.1, -0.05) is 353 Å². The second kappa shape index (κ2) is 67.8. The molecular weight excluding hydrogens is 959 g/mol. The molecule has 0 heterocycles. The van der Waals surface area contributed by atoms with E-state index in [1.807, 2.05) is 0 Å². The molecule has 0 aliphatic carbocycles. The Kier molecular flexibility index (Phi) is 66.4. The molecular formula is C72H139NO5. The van der Waals surface area contributed by atoms with Gasteiger partial charge in [0.15, 0.2) is 0 Å². The molecule has 0 aliphatic rings. The van der Waals surface area contributed by atoms with E-state index in [0.717, 1.165) is 51.4 Å². The van der Waals surface area contributed by atoms with Gasteiger partial charge in [-0.15, -0.1) is 0 Å². The van der Waals surface area contributed by atoms with E-state index in [9.17, 15) is 19.8 Å². The van der Waals surface area contributed by atoms with Gasteiger partial charge < -0.3 is 20.3 Å². The predicted molar refractivity (Wildman–Crippen MR) is 343 cm³/mol. The zero-order valence-corrected chi connectivity index (χ0v) is 52.9. The third kappa shape index (κ3) is 63.5.